The van der Waals surface area contributed by atoms with E-state index in [1.54, 1.807) is 18.3 Å². The van der Waals surface area contributed by atoms with Crippen LogP contribution >= 0.6 is 0 Å². The Hall–Kier alpha value is -1.55. The second-order valence-corrected chi connectivity index (χ2v) is 10.3. The summed E-state index contributed by atoms with van der Waals surface area (Å²) in [6.45, 7) is 4.03. The lowest BCUT2D eigenvalue weighted by molar-refractivity contribution is -0.135. The van der Waals surface area contributed by atoms with Crippen LogP contribution in [0.15, 0.2) is 29.4 Å². The number of piperidine rings is 1. The van der Waals surface area contributed by atoms with Crippen molar-refractivity contribution < 1.29 is 17.9 Å². The minimum absolute atomic E-state index is 0.182. The summed E-state index contributed by atoms with van der Waals surface area (Å²) in [5.41, 5.74) is 0. The molecule has 2 aliphatic heterocycles. The van der Waals surface area contributed by atoms with Crippen molar-refractivity contribution in [2.45, 2.75) is 55.5 Å². The van der Waals surface area contributed by atoms with Crippen LogP contribution < -0.4 is 4.72 Å². The first-order valence-electron chi connectivity index (χ1n) is 11.1. The molecule has 1 N–H and O–H groups in total. The minimum atomic E-state index is -3.57. The molecule has 4 rings (SSSR count). The third-order valence-corrected chi connectivity index (χ3v) is 7.82. The van der Waals surface area contributed by atoms with Crippen LogP contribution in [0.1, 0.15) is 38.5 Å². The highest BCUT2D eigenvalue weighted by Gasteiger charge is 2.37. The molecule has 0 spiro atoms. The Bertz CT molecular complexity index is 810. The van der Waals surface area contributed by atoms with E-state index in [0.29, 0.717) is 25.0 Å². The second-order valence-electron chi connectivity index (χ2n) is 8.52. The number of carbonyl (C=O) groups excluding carboxylic acids is 1. The number of hydrogen-bond donors (Lipinski definition) is 1. The summed E-state index contributed by atoms with van der Waals surface area (Å²) >= 11 is 0. The Morgan fingerprint density at radius 1 is 1.20 bits per heavy atom. The number of rotatable bonds is 8. The predicted octanol–water partition coefficient (Wildman–Crippen LogP) is 1.24. The zero-order valence-electron chi connectivity index (χ0n) is 17.4. The van der Waals surface area contributed by atoms with Gasteiger partial charge in [0, 0.05) is 69.8 Å². The first-order valence-corrected chi connectivity index (χ1v) is 12.5. The van der Waals surface area contributed by atoms with Crippen molar-refractivity contribution in [3.05, 3.63) is 24.5 Å². The van der Waals surface area contributed by atoms with E-state index in [9.17, 15) is 13.2 Å². The van der Waals surface area contributed by atoms with Gasteiger partial charge >= 0.3 is 0 Å². The number of carbonyl (C=O) groups is 1. The number of sulfonamides is 1. The molecular weight excluding hydrogens is 404 g/mol. The lowest BCUT2D eigenvalue weighted by atomic mass is 9.98. The third kappa shape index (κ3) is 5.38. The molecule has 1 aromatic rings. The minimum Gasteiger partial charge on any atom is -0.381 e. The van der Waals surface area contributed by atoms with E-state index in [4.69, 9.17) is 4.74 Å². The van der Waals surface area contributed by atoms with Gasteiger partial charge in [0.15, 0.2) is 0 Å². The molecule has 2 saturated heterocycles. The highest BCUT2D eigenvalue weighted by molar-refractivity contribution is 7.89. The predicted molar refractivity (Wildman–Crippen MR) is 112 cm³/mol. The van der Waals surface area contributed by atoms with Crippen LogP contribution in [0.5, 0.6) is 0 Å². The maximum absolute atomic E-state index is 12.6. The van der Waals surface area contributed by atoms with Crippen molar-refractivity contribution in [3.63, 3.8) is 0 Å². The number of nitrogens with zero attached hydrogens (tertiary/aromatic N) is 3. The normalized spacial score (nSPS) is 23.6. The van der Waals surface area contributed by atoms with Crippen LogP contribution in [-0.4, -0.2) is 80.6 Å². The summed E-state index contributed by atoms with van der Waals surface area (Å²) in [5.74, 6) is 0.551. The molecule has 166 valence electrons. The van der Waals surface area contributed by atoms with Gasteiger partial charge in [-0.3, -0.25) is 14.7 Å². The average Bonchev–Trinajstić information content (AvgIpc) is 3.63. The molecule has 9 heteroatoms. The van der Waals surface area contributed by atoms with Crippen molar-refractivity contribution >= 4 is 15.9 Å². The largest absolute Gasteiger partial charge is 0.381 e. The fourth-order valence-corrected chi connectivity index (χ4v) is 5.58. The van der Waals surface area contributed by atoms with E-state index in [0.717, 1.165) is 64.8 Å². The molecule has 0 radical (unpaired) electrons. The third-order valence-electron chi connectivity index (χ3n) is 6.37. The first-order chi connectivity index (χ1) is 14.5. The van der Waals surface area contributed by atoms with Crippen molar-refractivity contribution in [2.75, 3.05) is 39.4 Å². The quantitative estimate of drug-likeness (QED) is 0.659. The van der Waals surface area contributed by atoms with Crippen LogP contribution in [0.4, 0.5) is 0 Å². The smallest absolute Gasteiger partial charge is 0.242 e. The zero-order valence-corrected chi connectivity index (χ0v) is 18.2. The fourth-order valence-electron chi connectivity index (χ4n) is 4.59. The SMILES string of the molecule is O=C(C1CC1)N1CCCC(N(CCNS(=O)(=O)c2cccnc2)C2CCOCC2)C1. The van der Waals surface area contributed by atoms with Gasteiger partial charge < -0.3 is 9.64 Å². The van der Waals surface area contributed by atoms with Gasteiger partial charge in [-0.2, -0.15) is 0 Å². The van der Waals surface area contributed by atoms with Crippen molar-refractivity contribution in [3.8, 4) is 0 Å². The lowest BCUT2D eigenvalue weighted by Crippen LogP contribution is -2.55. The first kappa shape index (κ1) is 21.7. The number of ether oxygens (including phenoxy) is 1. The van der Waals surface area contributed by atoms with Gasteiger partial charge in [-0.1, -0.05) is 0 Å². The Labute approximate surface area is 179 Å². The molecule has 0 bridgehead atoms. The summed E-state index contributed by atoms with van der Waals surface area (Å²) in [6, 6.07) is 3.81. The summed E-state index contributed by atoms with van der Waals surface area (Å²) < 4.78 is 33.4. The molecule has 8 nitrogen and oxygen atoms in total. The van der Waals surface area contributed by atoms with E-state index in [1.165, 1.54) is 6.20 Å². The van der Waals surface area contributed by atoms with E-state index in [-0.39, 0.29) is 16.9 Å². The number of hydrogen-bond acceptors (Lipinski definition) is 6. The molecule has 1 amide bonds. The molecule has 1 atom stereocenters. The fraction of sp³-hybridized carbons (Fsp3) is 0.714. The number of likely N-dealkylation sites (tertiary alicyclic amines) is 1. The van der Waals surface area contributed by atoms with Gasteiger partial charge in [0.05, 0.1) is 0 Å². The van der Waals surface area contributed by atoms with Crippen LogP contribution in [-0.2, 0) is 19.6 Å². The maximum Gasteiger partial charge on any atom is 0.242 e. The van der Waals surface area contributed by atoms with E-state index in [1.807, 2.05) is 4.90 Å². The molecule has 30 heavy (non-hydrogen) atoms. The standard InChI is InChI=1S/C21H32N4O4S/c26-21(17-5-6-17)24-11-2-3-19(16-24)25(18-7-13-29-14-8-18)12-10-23-30(27,28)20-4-1-9-22-15-20/h1,4,9,15,17-19,23H,2-3,5-8,10-14,16H2. The highest BCUT2D eigenvalue weighted by Crippen LogP contribution is 2.32. The lowest BCUT2D eigenvalue weighted by Gasteiger charge is -2.44. The summed E-state index contributed by atoms with van der Waals surface area (Å²) in [4.78, 5) is 21.2. The van der Waals surface area contributed by atoms with Crippen molar-refractivity contribution in [2.24, 2.45) is 5.92 Å². The Kier molecular flexibility index (Phi) is 7.02. The van der Waals surface area contributed by atoms with Gasteiger partial charge in [-0.05, 0) is 50.7 Å². The summed E-state index contributed by atoms with van der Waals surface area (Å²) in [6.07, 6.45) is 8.92. The summed E-state index contributed by atoms with van der Waals surface area (Å²) in [5, 5.41) is 0. The molecule has 3 fully saturated rings. The van der Waals surface area contributed by atoms with Gasteiger partial charge in [0.25, 0.3) is 0 Å². The van der Waals surface area contributed by atoms with Gasteiger partial charge in [0.1, 0.15) is 4.90 Å². The van der Waals surface area contributed by atoms with Gasteiger partial charge in [-0.15, -0.1) is 0 Å². The molecule has 1 aliphatic carbocycles. The van der Waals surface area contributed by atoms with Gasteiger partial charge in [0.2, 0.25) is 15.9 Å². The molecule has 0 aromatic carbocycles. The topological polar surface area (TPSA) is 91.8 Å². The molecule has 3 heterocycles. The van der Waals surface area contributed by atoms with Crippen LogP contribution in [0.2, 0.25) is 0 Å². The van der Waals surface area contributed by atoms with E-state index in [2.05, 4.69) is 14.6 Å². The van der Waals surface area contributed by atoms with Crippen LogP contribution in [0.25, 0.3) is 0 Å². The highest BCUT2D eigenvalue weighted by atomic mass is 32.2. The molecule has 1 unspecified atom stereocenters. The number of nitrogens with one attached hydrogen (secondary N) is 1. The Morgan fingerprint density at radius 3 is 2.70 bits per heavy atom. The second kappa shape index (κ2) is 9.72. The molecule has 1 aromatic heterocycles. The summed E-state index contributed by atoms with van der Waals surface area (Å²) in [7, 11) is -3.57. The van der Waals surface area contributed by atoms with Crippen molar-refractivity contribution in [1.82, 2.24) is 19.5 Å². The molecule has 1 saturated carbocycles. The number of amides is 1. The van der Waals surface area contributed by atoms with Crippen LogP contribution in [0, 0.1) is 5.92 Å². The van der Waals surface area contributed by atoms with Crippen LogP contribution in [0.3, 0.4) is 0 Å². The average molecular weight is 437 g/mol. The number of aromatic nitrogens is 1. The van der Waals surface area contributed by atoms with E-state index >= 15 is 0 Å². The van der Waals surface area contributed by atoms with Crippen molar-refractivity contribution in [1.29, 1.82) is 0 Å². The zero-order chi connectivity index (χ0) is 21.0. The Balaban J connectivity index is 1.40. The molecule has 3 aliphatic rings. The monoisotopic (exact) mass is 436 g/mol. The number of pyridine rings is 1. The van der Waals surface area contributed by atoms with E-state index < -0.39 is 10.0 Å². The van der Waals surface area contributed by atoms with Gasteiger partial charge in [-0.25, -0.2) is 13.1 Å². The maximum atomic E-state index is 12.6. The Morgan fingerprint density at radius 2 is 2.00 bits per heavy atom. The molecular formula is C21H32N4O4S.